The molecule has 36 valence electrons. The summed E-state index contributed by atoms with van der Waals surface area (Å²) in [6.07, 6.45) is -0.0208. The summed E-state index contributed by atoms with van der Waals surface area (Å²) in [6, 6.07) is 2.46. The van der Waals surface area contributed by atoms with E-state index in [9.17, 15) is 4.79 Å². The number of hydrogen-bond acceptors (Lipinski definition) is 1. The van der Waals surface area contributed by atoms with Crippen molar-refractivity contribution >= 4 is 0 Å². The molecule has 0 unspecified atom stereocenters. The van der Waals surface area contributed by atoms with Gasteiger partial charge in [-0.1, -0.05) is 6.04 Å². The second-order valence-electron chi connectivity index (χ2n) is 1.09. The largest absolute Gasteiger partial charge is 0.329 e. The molecular formula is C5H5NO. The minimum Gasteiger partial charge on any atom is -0.329 e. The third-order valence-electron chi connectivity index (χ3n) is 0.565. The first kappa shape index (κ1) is 2.31. The summed E-state index contributed by atoms with van der Waals surface area (Å²) in [5.41, 5.74) is -0.396. The Balaban J connectivity index is 3.33. The van der Waals surface area contributed by atoms with Crippen molar-refractivity contribution < 1.29 is 2.74 Å². The summed E-state index contributed by atoms with van der Waals surface area (Å²) < 4.78 is 13.8. The molecule has 0 aliphatic rings. The van der Waals surface area contributed by atoms with Crippen molar-refractivity contribution in [1.82, 2.24) is 4.98 Å². The third-order valence-corrected chi connectivity index (χ3v) is 0.565. The number of aromatic amines is 1. The van der Waals surface area contributed by atoms with Crippen LogP contribution in [0.1, 0.15) is 2.74 Å². The van der Waals surface area contributed by atoms with Gasteiger partial charge in [-0.3, -0.25) is 4.79 Å². The lowest BCUT2D eigenvalue weighted by molar-refractivity contribution is 1.24. The average molecular weight is 99.1 g/mol. The molecule has 0 atom stereocenters. The van der Waals surface area contributed by atoms with Gasteiger partial charge in [0.1, 0.15) is 0 Å². The van der Waals surface area contributed by atoms with Crippen LogP contribution in [0.4, 0.5) is 0 Å². The highest BCUT2D eigenvalue weighted by molar-refractivity contribution is 4.89. The lowest BCUT2D eigenvalue weighted by atomic mass is 10.5. The highest BCUT2D eigenvalue weighted by Crippen LogP contribution is 1.67. The molecule has 0 saturated carbocycles. The predicted octanol–water partition coefficient (Wildman–Crippen LogP) is 0.375. The number of nitrogens with one attached hydrogen (secondary N) is 1. The molecule has 1 N–H and O–H groups in total. The molecule has 1 aromatic rings. The van der Waals surface area contributed by atoms with Crippen molar-refractivity contribution in [1.29, 1.82) is 0 Å². The molecule has 0 amide bonds. The van der Waals surface area contributed by atoms with Crippen LogP contribution in [0.2, 0.25) is 0 Å². The first-order valence-electron chi connectivity index (χ1n) is 2.86. The molecule has 1 rings (SSSR count). The maximum absolute atomic E-state index is 10.4. The standard InChI is InChI=1S/C5H5NO/c7-5-3-1-2-4-6-5/h1-4H,(H,6,7)/i1T,4T. The van der Waals surface area contributed by atoms with Crippen LogP contribution in [-0.4, -0.2) is 4.98 Å². The van der Waals surface area contributed by atoms with Gasteiger partial charge in [-0.05, 0) is 6.07 Å². The number of rotatable bonds is 0. The van der Waals surface area contributed by atoms with Crippen molar-refractivity contribution in [2.45, 2.75) is 0 Å². The summed E-state index contributed by atoms with van der Waals surface area (Å²) in [7, 11) is 0. The van der Waals surface area contributed by atoms with Gasteiger partial charge in [-0.2, -0.15) is 0 Å². The molecule has 1 aromatic heterocycles. The zero-order valence-corrected chi connectivity index (χ0v) is 3.56. The van der Waals surface area contributed by atoms with Crippen LogP contribution in [0.25, 0.3) is 0 Å². The number of hydrogen-bond donors (Lipinski definition) is 1. The molecule has 0 aliphatic heterocycles. The van der Waals surface area contributed by atoms with Gasteiger partial charge < -0.3 is 4.98 Å². The van der Waals surface area contributed by atoms with Crippen LogP contribution in [0.3, 0.4) is 0 Å². The average Bonchev–Trinajstić information content (AvgIpc) is 1.59. The third kappa shape index (κ3) is 0.892. The van der Waals surface area contributed by atoms with Gasteiger partial charge in [0.05, 0.1) is 2.74 Å². The summed E-state index contributed by atoms with van der Waals surface area (Å²) in [5.74, 6) is 0. The first-order valence-corrected chi connectivity index (χ1v) is 1.86. The fraction of sp³-hybridized carbons (Fsp3) is 0. The lowest BCUT2D eigenvalue weighted by Crippen LogP contribution is -1.98. The molecule has 0 spiro atoms. The summed E-state index contributed by atoms with van der Waals surface area (Å²) in [4.78, 5) is 12.6. The highest BCUT2D eigenvalue weighted by atomic mass is 16.1. The Morgan fingerprint density at radius 2 is 2.71 bits per heavy atom. The first-order chi connectivity index (χ1) is 4.18. The number of H-pyrrole nitrogens is 1. The smallest absolute Gasteiger partial charge is 0.247 e. The Morgan fingerprint density at radius 3 is 3.29 bits per heavy atom. The van der Waals surface area contributed by atoms with E-state index in [1.807, 2.05) is 0 Å². The van der Waals surface area contributed by atoms with Crippen molar-refractivity contribution in [3.8, 4) is 0 Å². The van der Waals surface area contributed by atoms with E-state index in [0.29, 0.717) is 0 Å². The summed E-state index contributed by atoms with van der Waals surface area (Å²) in [6.45, 7) is 0. The van der Waals surface area contributed by atoms with Crippen LogP contribution >= 0.6 is 0 Å². The molecule has 0 bridgehead atoms. The topological polar surface area (TPSA) is 32.9 Å². The molecule has 7 heavy (non-hydrogen) atoms. The highest BCUT2D eigenvalue weighted by Gasteiger charge is 1.69. The molecule has 0 radical (unpaired) electrons. The van der Waals surface area contributed by atoms with Crippen molar-refractivity contribution in [2.24, 2.45) is 0 Å². The maximum atomic E-state index is 10.4. The van der Waals surface area contributed by atoms with E-state index in [2.05, 4.69) is 4.98 Å². The predicted molar refractivity (Wildman–Crippen MR) is 27.1 cm³/mol. The Hall–Kier alpha value is -1.05. The lowest BCUT2D eigenvalue weighted by Gasteiger charge is -1.73. The molecule has 0 aromatic carbocycles. The Bertz CT molecular complexity index is 245. The molecule has 2 nitrogen and oxygen atoms in total. The Morgan fingerprint density at radius 1 is 1.86 bits per heavy atom. The molecule has 0 aliphatic carbocycles. The van der Waals surface area contributed by atoms with Crippen LogP contribution in [0.15, 0.2) is 29.1 Å². The summed E-state index contributed by atoms with van der Waals surface area (Å²) >= 11 is 0. The second-order valence-corrected chi connectivity index (χ2v) is 1.09. The molecule has 2 heteroatoms. The van der Waals surface area contributed by atoms with Gasteiger partial charge in [0, 0.05) is 12.2 Å². The molecular weight excluding hydrogens is 90.1 g/mol. The Kier molecular flexibility index (Phi) is 0.527. The summed E-state index contributed by atoms with van der Waals surface area (Å²) in [5, 5.41) is 0. The van der Waals surface area contributed by atoms with Crippen LogP contribution in [-0.2, 0) is 0 Å². The van der Waals surface area contributed by atoms with Gasteiger partial charge in [0.2, 0.25) is 5.56 Å². The van der Waals surface area contributed by atoms with E-state index >= 15 is 0 Å². The van der Waals surface area contributed by atoms with E-state index < -0.39 is 5.56 Å². The van der Waals surface area contributed by atoms with Crippen molar-refractivity contribution in [3.63, 3.8) is 0 Å². The fourth-order valence-corrected chi connectivity index (χ4v) is 0.302. The quantitative estimate of drug-likeness (QED) is 0.501. The van der Waals surface area contributed by atoms with E-state index in [1.54, 1.807) is 0 Å². The second kappa shape index (κ2) is 1.60. The normalized spacial score (nSPS) is 12.6. The van der Waals surface area contributed by atoms with Gasteiger partial charge >= 0.3 is 0 Å². The van der Waals surface area contributed by atoms with E-state index in [-0.39, 0.29) is 12.2 Å². The van der Waals surface area contributed by atoms with Gasteiger partial charge in [-0.15, -0.1) is 0 Å². The van der Waals surface area contributed by atoms with Crippen LogP contribution in [0.5, 0.6) is 0 Å². The Labute approximate surface area is 43.6 Å². The van der Waals surface area contributed by atoms with E-state index in [1.165, 1.54) is 6.07 Å². The van der Waals surface area contributed by atoms with Gasteiger partial charge in [0.15, 0.2) is 0 Å². The minimum absolute atomic E-state index is 0.0208. The minimum atomic E-state index is -0.396. The maximum Gasteiger partial charge on any atom is 0.247 e. The number of aromatic nitrogens is 1. The van der Waals surface area contributed by atoms with Crippen molar-refractivity contribution in [2.75, 3.05) is 0 Å². The van der Waals surface area contributed by atoms with Gasteiger partial charge in [0.25, 0.3) is 0 Å². The SMILES string of the molecule is [3H]c1cc([3H])[nH]c(=O)c1. The molecule has 0 fully saturated rings. The number of pyridine rings is 1. The van der Waals surface area contributed by atoms with Crippen LogP contribution in [0, 0.1) is 0 Å². The fourth-order valence-electron chi connectivity index (χ4n) is 0.302. The van der Waals surface area contributed by atoms with E-state index in [4.69, 9.17) is 2.74 Å². The molecule has 0 saturated heterocycles. The zero-order chi connectivity index (χ0) is 6.85. The zero-order valence-electron chi connectivity index (χ0n) is 5.56. The van der Waals surface area contributed by atoms with Crippen molar-refractivity contribution in [3.05, 3.63) is 34.7 Å². The van der Waals surface area contributed by atoms with Crippen LogP contribution < -0.4 is 5.56 Å². The molecule has 1 heterocycles. The monoisotopic (exact) mass is 99.1 g/mol. The van der Waals surface area contributed by atoms with E-state index in [0.717, 1.165) is 6.07 Å². The van der Waals surface area contributed by atoms with Gasteiger partial charge in [-0.25, -0.2) is 0 Å².